The van der Waals surface area contributed by atoms with Crippen LogP contribution in [0.3, 0.4) is 0 Å². The lowest BCUT2D eigenvalue weighted by atomic mass is 9.92. The Morgan fingerprint density at radius 3 is 2.37 bits per heavy atom. The number of hydrogen-bond acceptors (Lipinski definition) is 9. The largest absolute Gasteiger partial charge is 0.511 e. The number of likely N-dealkylation sites (tertiary alicyclic amines) is 1. The second-order valence-corrected chi connectivity index (χ2v) is 12.3. The maximum absolute atomic E-state index is 13.2. The van der Waals surface area contributed by atoms with E-state index in [0.29, 0.717) is 43.8 Å². The summed E-state index contributed by atoms with van der Waals surface area (Å²) in [5, 5.41) is 8.73. The molecule has 12 nitrogen and oxygen atoms in total. The standard InChI is InChI=1S/C33H48N4O8.ClH/c1-23(44-33(42)45-27-12-6-3-7-13-27)43-32(41)28(36-31(40)25-9-4-2-5-10-25)21-35-30(39)26-11-8-20-37(22-26)29(38)15-14-24-16-18-34-19-17-24;/h2,4-5,9-10,23-24,26-28,34H,3,6-8,11-22H2,1H3,(H,35,39)(H,36,40);1H/t23?,26-,28+;/m1./s1. The van der Waals surface area contributed by atoms with Crippen LogP contribution >= 0.6 is 12.4 Å². The van der Waals surface area contributed by atoms with E-state index in [0.717, 1.165) is 64.5 Å². The molecule has 0 aromatic heterocycles. The molecule has 2 aliphatic heterocycles. The number of piperidine rings is 2. The summed E-state index contributed by atoms with van der Waals surface area (Å²) in [5.41, 5.74) is 0.327. The highest BCUT2D eigenvalue weighted by molar-refractivity contribution is 5.97. The van der Waals surface area contributed by atoms with E-state index in [9.17, 15) is 24.0 Å². The van der Waals surface area contributed by atoms with Crippen LogP contribution in [-0.2, 0) is 28.6 Å². The lowest BCUT2D eigenvalue weighted by Gasteiger charge is -2.33. The van der Waals surface area contributed by atoms with Crippen LogP contribution in [0.2, 0.25) is 0 Å². The van der Waals surface area contributed by atoms with Crippen LogP contribution in [0.5, 0.6) is 0 Å². The Labute approximate surface area is 277 Å². The first-order valence-electron chi connectivity index (χ1n) is 16.5. The molecule has 1 aliphatic carbocycles. The van der Waals surface area contributed by atoms with Gasteiger partial charge in [-0.1, -0.05) is 24.6 Å². The number of carbonyl (C=O) groups is 5. The van der Waals surface area contributed by atoms with Crippen molar-refractivity contribution >= 4 is 42.3 Å². The van der Waals surface area contributed by atoms with E-state index < -0.39 is 36.3 Å². The number of nitrogens with one attached hydrogen (secondary N) is 3. The summed E-state index contributed by atoms with van der Waals surface area (Å²) >= 11 is 0. The van der Waals surface area contributed by atoms with Crippen molar-refractivity contribution in [3.8, 4) is 0 Å². The second kappa shape index (κ2) is 19.3. The second-order valence-electron chi connectivity index (χ2n) is 12.3. The SMILES string of the molecule is CC(OC(=O)OC1CCCCC1)OC(=O)[C@H](CNC(=O)[C@@H]1CCCN(C(=O)CCC2CCNCC2)C1)NC(=O)c1ccccc1.Cl. The number of nitrogens with zero attached hydrogens (tertiary/aromatic N) is 1. The predicted octanol–water partition coefficient (Wildman–Crippen LogP) is 3.72. The molecule has 256 valence electrons. The Kier molecular flexibility index (Phi) is 15.6. The summed E-state index contributed by atoms with van der Waals surface area (Å²) in [6.07, 6.45) is 6.99. The predicted molar refractivity (Wildman–Crippen MR) is 172 cm³/mol. The molecule has 46 heavy (non-hydrogen) atoms. The zero-order valence-electron chi connectivity index (χ0n) is 26.7. The van der Waals surface area contributed by atoms with Crippen LogP contribution in [0.15, 0.2) is 30.3 Å². The highest BCUT2D eigenvalue weighted by Crippen LogP contribution is 2.22. The Morgan fingerprint density at radius 1 is 0.935 bits per heavy atom. The fourth-order valence-electron chi connectivity index (χ4n) is 6.20. The minimum absolute atomic E-state index is 0. The molecular weight excluding hydrogens is 616 g/mol. The van der Waals surface area contributed by atoms with Crippen molar-refractivity contribution in [3.05, 3.63) is 35.9 Å². The van der Waals surface area contributed by atoms with E-state index in [1.54, 1.807) is 35.2 Å². The third kappa shape index (κ3) is 12.1. The van der Waals surface area contributed by atoms with Crippen molar-refractivity contribution < 1.29 is 38.2 Å². The fourth-order valence-corrected chi connectivity index (χ4v) is 6.20. The van der Waals surface area contributed by atoms with Gasteiger partial charge in [-0.2, -0.15) is 0 Å². The molecule has 13 heteroatoms. The third-order valence-electron chi connectivity index (χ3n) is 8.84. The van der Waals surface area contributed by atoms with Gasteiger partial charge in [0.05, 0.1) is 5.92 Å². The van der Waals surface area contributed by atoms with Crippen LogP contribution < -0.4 is 16.0 Å². The third-order valence-corrected chi connectivity index (χ3v) is 8.84. The number of esters is 1. The van der Waals surface area contributed by atoms with E-state index in [2.05, 4.69) is 16.0 Å². The van der Waals surface area contributed by atoms with Crippen LogP contribution in [0.25, 0.3) is 0 Å². The normalized spacial score (nSPS) is 20.3. The molecule has 1 aromatic carbocycles. The molecular formula is C33H49ClN4O8. The lowest BCUT2D eigenvalue weighted by molar-refractivity contribution is -0.171. The smallest absolute Gasteiger partial charge is 0.431 e. The lowest BCUT2D eigenvalue weighted by Crippen LogP contribution is -2.52. The molecule has 2 saturated heterocycles. The fraction of sp³-hybridized carbons (Fsp3) is 0.667. The van der Waals surface area contributed by atoms with Crippen LogP contribution in [0.1, 0.15) is 87.9 Å². The van der Waals surface area contributed by atoms with Crippen molar-refractivity contribution in [3.63, 3.8) is 0 Å². The van der Waals surface area contributed by atoms with Gasteiger partial charge in [0, 0.05) is 38.5 Å². The number of halogens is 1. The Morgan fingerprint density at radius 2 is 1.65 bits per heavy atom. The molecule has 4 rings (SSSR count). The molecule has 3 amide bonds. The zero-order chi connectivity index (χ0) is 32.0. The number of hydrogen-bond donors (Lipinski definition) is 3. The highest BCUT2D eigenvalue weighted by Gasteiger charge is 2.31. The van der Waals surface area contributed by atoms with Gasteiger partial charge in [0.1, 0.15) is 12.1 Å². The Balaban J connectivity index is 0.00000576. The molecule has 1 saturated carbocycles. The molecule has 0 radical (unpaired) electrons. The van der Waals surface area contributed by atoms with Crippen molar-refractivity contribution in [2.45, 2.75) is 96.0 Å². The zero-order valence-corrected chi connectivity index (χ0v) is 27.5. The van der Waals surface area contributed by atoms with Crippen LogP contribution in [0.4, 0.5) is 4.79 Å². The summed E-state index contributed by atoms with van der Waals surface area (Å²) < 4.78 is 15.8. The molecule has 2 heterocycles. The molecule has 0 spiro atoms. The maximum Gasteiger partial charge on any atom is 0.511 e. The van der Waals surface area contributed by atoms with E-state index in [4.69, 9.17) is 14.2 Å². The van der Waals surface area contributed by atoms with Gasteiger partial charge in [-0.3, -0.25) is 14.4 Å². The number of carbonyl (C=O) groups excluding carboxylic acids is 5. The molecule has 3 atom stereocenters. The minimum Gasteiger partial charge on any atom is -0.431 e. The molecule has 0 bridgehead atoms. The average molecular weight is 665 g/mol. The molecule has 3 aliphatic rings. The van der Waals surface area contributed by atoms with Gasteiger partial charge in [-0.15, -0.1) is 12.4 Å². The monoisotopic (exact) mass is 664 g/mol. The average Bonchev–Trinajstić information content (AvgIpc) is 3.06. The van der Waals surface area contributed by atoms with E-state index >= 15 is 0 Å². The first-order valence-corrected chi connectivity index (χ1v) is 16.5. The van der Waals surface area contributed by atoms with Gasteiger partial charge >= 0.3 is 12.1 Å². The van der Waals surface area contributed by atoms with Crippen molar-refractivity contribution in [2.75, 3.05) is 32.7 Å². The van der Waals surface area contributed by atoms with Crippen molar-refractivity contribution in [2.24, 2.45) is 11.8 Å². The van der Waals surface area contributed by atoms with Gasteiger partial charge in [-0.25, -0.2) is 9.59 Å². The summed E-state index contributed by atoms with van der Waals surface area (Å²) in [5.74, 6) is -1.52. The number of amides is 3. The Bertz CT molecular complexity index is 1140. The molecule has 1 unspecified atom stereocenters. The number of benzene rings is 1. The maximum atomic E-state index is 13.2. The molecule has 3 fully saturated rings. The topological polar surface area (TPSA) is 152 Å². The van der Waals surface area contributed by atoms with Crippen molar-refractivity contribution in [1.29, 1.82) is 0 Å². The summed E-state index contributed by atoms with van der Waals surface area (Å²) in [7, 11) is 0. The van der Waals surface area contributed by atoms with Gasteiger partial charge in [0.2, 0.25) is 18.1 Å². The highest BCUT2D eigenvalue weighted by atomic mass is 35.5. The van der Waals surface area contributed by atoms with E-state index in [1.807, 2.05) is 0 Å². The van der Waals surface area contributed by atoms with Gasteiger partial charge in [0.15, 0.2) is 0 Å². The first-order chi connectivity index (χ1) is 21.8. The van der Waals surface area contributed by atoms with Crippen molar-refractivity contribution in [1.82, 2.24) is 20.9 Å². The number of rotatable bonds is 12. The van der Waals surface area contributed by atoms with Crippen LogP contribution in [-0.4, -0.2) is 85.9 Å². The van der Waals surface area contributed by atoms with Crippen LogP contribution in [0, 0.1) is 11.8 Å². The molecule has 1 aromatic rings. The quantitative estimate of drug-likeness (QED) is 0.224. The summed E-state index contributed by atoms with van der Waals surface area (Å²) in [4.78, 5) is 66.2. The van der Waals surface area contributed by atoms with E-state index in [-0.39, 0.29) is 36.9 Å². The Hall–Kier alpha value is -3.38. The van der Waals surface area contributed by atoms with Gasteiger partial charge in [0.25, 0.3) is 5.91 Å². The minimum atomic E-state index is -1.27. The first kappa shape index (κ1) is 37.1. The van der Waals surface area contributed by atoms with E-state index in [1.165, 1.54) is 6.92 Å². The van der Waals surface area contributed by atoms with Gasteiger partial charge < -0.3 is 35.1 Å². The summed E-state index contributed by atoms with van der Waals surface area (Å²) in [6, 6.07) is 7.10. The number of ether oxygens (including phenoxy) is 3. The summed E-state index contributed by atoms with van der Waals surface area (Å²) in [6.45, 7) is 4.06. The molecule has 3 N–H and O–H groups in total. The van der Waals surface area contributed by atoms with Gasteiger partial charge in [-0.05, 0) is 88.9 Å².